The molecular formula is C20H18ClFN4O2. The van der Waals surface area contributed by atoms with Gasteiger partial charge in [-0.05, 0) is 42.5 Å². The summed E-state index contributed by atoms with van der Waals surface area (Å²) in [4.78, 5) is 31.1. The number of nitrogens with zero attached hydrogens (tertiary/aromatic N) is 2. The van der Waals surface area contributed by atoms with Crippen LogP contribution in [0.25, 0.3) is 10.9 Å². The number of urea groups is 1. The zero-order valence-corrected chi connectivity index (χ0v) is 15.7. The van der Waals surface area contributed by atoms with Crippen molar-refractivity contribution in [3.8, 4) is 0 Å². The molecule has 8 heteroatoms. The highest BCUT2D eigenvalue weighted by molar-refractivity contribution is 6.31. The van der Waals surface area contributed by atoms with E-state index in [-0.39, 0.29) is 17.4 Å². The van der Waals surface area contributed by atoms with Crippen molar-refractivity contribution in [1.82, 2.24) is 9.88 Å². The number of carbonyl (C=O) groups excluding carboxylic acids is 1. The summed E-state index contributed by atoms with van der Waals surface area (Å²) in [6.45, 7) is 2.21. The lowest BCUT2D eigenvalue weighted by Gasteiger charge is -2.36. The standard InChI is InChI=1S/C20H18ClFN4O2/c21-13-1-6-16-17(11-13)24-19(27)12-18(16)25-7-9-26(10-8-25)20(28)23-15-4-2-14(22)3-5-15/h1-6,11-12H,7-10H2,(H,23,28)(H,24,27). The molecule has 0 saturated carbocycles. The first-order valence-corrected chi connectivity index (χ1v) is 9.26. The van der Waals surface area contributed by atoms with E-state index < -0.39 is 0 Å². The lowest BCUT2D eigenvalue weighted by Crippen LogP contribution is -2.50. The number of amides is 2. The van der Waals surface area contributed by atoms with Crippen LogP contribution in [-0.4, -0.2) is 42.1 Å². The van der Waals surface area contributed by atoms with Gasteiger partial charge in [-0.2, -0.15) is 0 Å². The molecule has 1 aliphatic rings. The van der Waals surface area contributed by atoms with Crippen LogP contribution < -0.4 is 15.8 Å². The third kappa shape index (κ3) is 3.80. The van der Waals surface area contributed by atoms with Crippen molar-refractivity contribution in [2.75, 3.05) is 36.4 Å². The molecule has 144 valence electrons. The van der Waals surface area contributed by atoms with Crippen LogP contribution in [0.15, 0.2) is 53.3 Å². The molecule has 28 heavy (non-hydrogen) atoms. The van der Waals surface area contributed by atoms with E-state index in [0.29, 0.717) is 42.4 Å². The highest BCUT2D eigenvalue weighted by Gasteiger charge is 2.23. The maximum atomic E-state index is 13.0. The molecule has 2 amide bonds. The van der Waals surface area contributed by atoms with Crippen molar-refractivity contribution in [1.29, 1.82) is 0 Å². The number of aromatic nitrogens is 1. The van der Waals surface area contributed by atoms with E-state index in [1.165, 1.54) is 24.3 Å². The van der Waals surface area contributed by atoms with Gasteiger partial charge in [-0.3, -0.25) is 4.79 Å². The highest BCUT2D eigenvalue weighted by Crippen LogP contribution is 2.27. The predicted octanol–water partition coefficient (Wildman–Crippen LogP) is 3.67. The molecule has 1 aromatic heterocycles. The lowest BCUT2D eigenvalue weighted by molar-refractivity contribution is 0.208. The normalized spacial score (nSPS) is 14.4. The minimum Gasteiger partial charge on any atom is -0.367 e. The van der Waals surface area contributed by atoms with Crippen LogP contribution in [0.2, 0.25) is 5.02 Å². The van der Waals surface area contributed by atoms with Crippen LogP contribution in [-0.2, 0) is 0 Å². The van der Waals surface area contributed by atoms with Gasteiger partial charge in [-0.15, -0.1) is 0 Å². The van der Waals surface area contributed by atoms with Gasteiger partial charge < -0.3 is 20.1 Å². The molecule has 2 N–H and O–H groups in total. The summed E-state index contributed by atoms with van der Waals surface area (Å²) in [5, 5.41) is 4.24. The van der Waals surface area contributed by atoms with Gasteiger partial charge in [0, 0.05) is 48.3 Å². The van der Waals surface area contributed by atoms with Gasteiger partial charge >= 0.3 is 6.03 Å². The Morgan fingerprint density at radius 3 is 2.46 bits per heavy atom. The zero-order chi connectivity index (χ0) is 19.7. The molecule has 2 aromatic carbocycles. The van der Waals surface area contributed by atoms with Crippen LogP contribution in [0.4, 0.5) is 20.6 Å². The second kappa shape index (κ2) is 7.52. The molecule has 1 fully saturated rings. The Morgan fingerprint density at radius 1 is 1.04 bits per heavy atom. The van der Waals surface area contributed by atoms with Crippen LogP contribution >= 0.6 is 11.6 Å². The molecule has 0 spiro atoms. The molecule has 1 saturated heterocycles. The Morgan fingerprint density at radius 2 is 1.75 bits per heavy atom. The zero-order valence-electron chi connectivity index (χ0n) is 14.9. The summed E-state index contributed by atoms with van der Waals surface area (Å²) in [7, 11) is 0. The largest absolute Gasteiger partial charge is 0.367 e. The number of benzene rings is 2. The van der Waals surface area contributed by atoms with E-state index in [9.17, 15) is 14.0 Å². The maximum absolute atomic E-state index is 13.0. The SMILES string of the molecule is O=C(Nc1ccc(F)cc1)N1CCN(c2cc(=O)[nH]c3cc(Cl)ccc23)CC1. The summed E-state index contributed by atoms with van der Waals surface area (Å²) in [6, 6.07) is 12.4. The topological polar surface area (TPSA) is 68.4 Å². The van der Waals surface area contributed by atoms with Crippen molar-refractivity contribution < 1.29 is 9.18 Å². The highest BCUT2D eigenvalue weighted by atomic mass is 35.5. The predicted molar refractivity (Wildman–Crippen MR) is 109 cm³/mol. The van der Waals surface area contributed by atoms with Crippen molar-refractivity contribution in [3.05, 3.63) is 69.7 Å². The Bertz CT molecular complexity index is 1080. The first kappa shape index (κ1) is 18.3. The van der Waals surface area contributed by atoms with Crippen LogP contribution in [0.5, 0.6) is 0 Å². The van der Waals surface area contributed by atoms with E-state index in [1.54, 1.807) is 23.1 Å². The third-order valence-corrected chi connectivity index (χ3v) is 5.02. The number of carbonyl (C=O) groups is 1. The minimum absolute atomic E-state index is 0.193. The van der Waals surface area contributed by atoms with Gasteiger partial charge in [0.15, 0.2) is 0 Å². The number of hydrogen-bond acceptors (Lipinski definition) is 3. The fraction of sp³-hybridized carbons (Fsp3) is 0.200. The Balaban J connectivity index is 1.47. The molecule has 4 rings (SSSR count). The molecule has 0 unspecified atom stereocenters. The average molecular weight is 401 g/mol. The Labute approximate surface area is 165 Å². The summed E-state index contributed by atoms with van der Waals surface area (Å²) < 4.78 is 13.0. The maximum Gasteiger partial charge on any atom is 0.321 e. The summed E-state index contributed by atoms with van der Waals surface area (Å²) >= 11 is 6.03. The Hall–Kier alpha value is -3.06. The molecule has 0 radical (unpaired) electrons. The summed E-state index contributed by atoms with van der Waals surface area (Å²) in [6.07, 6.45) is 0. The van der Waals surface area contributed by atoms with Gasteiger partial charge in [0.25, 0.3) is 0 Å². The molecule has 2 heterocycles. The van der Waals surface area contributed by atoms with Gasteiger partial charge in [0.1, 0.15) is 5.82 Å². The van der Waals surface area contributed by atoms with E-state index in [4.69, 9.17) is 11.6 Å². The van der Waals surface area contributed by atoms with E-state index >= 15 is 0 Å². The monoisotopic (exact) mass is 400 g/mol. The van der Waals surface area contributed by atoms with Gasteiger partial charge in [-0.1, -0.05) is 11.6 Å². The number of halogens is 2. The van der Waals surface area contributed by atoms with Crippen molar-refractivity contribution in [2.24, 2.45) is 0 Å². The van der Waals surface area contributed by atoms with Crippen LogP contribution in [0.3, 0.4) is 0 Å². The molecule has 0 bridgehead atoms. The van der Waals surface area contributed by atoms with E-state index in [2.05, 4.69) is 15.2 Å². The van der Waals surface area contributed by atoms with Crippen LogP contribution in [0.1, 0.15) is 0 Å². The van der Waals surface area contributed by atoms with Gasteiger partial charge in [0.05, 0.1) is 11.2 Å². The summed E-state index contributed by atoms with van der Waals surface area (Å²) in [5.74, 6) is -0.349. The number of nitrogens with one attached hydrogen (secondary N) is 2. The van der Waals surface area contributed by atoms with Crippen molar-refractivity contribution >= 4 is 39.9 Å². The van der Waals surface area contributed by atoms with E-state index in [1.807, 2.05) is 6.07 Å². The molecule has 1 aliphatic heterocycles. The number of aromatic amines is 1. The quantitative estimate of drug-likeness (QED) is 0.689. The number of piperazine rings is 1. The molecule has 0 atom stereocenters. The third-order valence-electron chi connectivity index (χ3n) is 4.79. The number of hydrogen-bond donors (Lipinski definition) is 2. The fourth-order valence-electron chi connectivity index (χ4n) is 3.36. The number of pyridine rings is 1. The Kier molecular flexibility index (Phi) is 4.92. The van der Waals surface area contributed by atoms with Gasteiger partial charge in [-0.25, -0.2) is 9.18 Å². The molecule has 3 aromatic rings. The smallest absolute Gasteiger partial charge is 0.321 e. The number of H-pyrrole nitrogens is 1. The molecule has 6 nitrogen and oxygen atoms in total. The van der Waals surface area contributed by atoms with Crippen molar-refractivity contribution in [2.45, 2.75) is 0 Å². The minimum atomic E-state index is -0.349. The second-order valence-electron chi connectivity index (χ2n) is 6.62. The number of rotatable bonds is 2. The first-order chi connectivity index (χ1) is 13.5. The average Bonchev–Trinajstić information content (AvgIpc) is 2.69. The van der Waals surface area contributed by atoms with Gasteiger partial charge in [0.2, 0.25) is 5.56 Å². The fourth-order valence-corrected chi connectivity index (χ4v) is 3.53. The first-order valence-electron chi connectivity index (χ1n) is 8.89. The molecule has 0 aliphatic carbocycles. The molecular weight excluding hydrogens is 383 g/mol. The number of fused-ring (bicyclic) bond motifs is 1. The van der Waals surface area contributed by atoms with E-state index in [0.717, 1.165) is 11.1 Å². The lowest BCUT2D eigenvalue weighted by atomic mass is 10.1. The van der Waals surface area contributed by atoms with Crippen LogP contribution in [0, 0.1) is 5.82 Å². The second-order valence-corrected chi connectivity index (χ2v) is 7.06. The van der Waals surface area contributed by atoms with Crippen molar-refractivity contribution in [3.63, 3.8) is 0 Å². The summed E-state index contributed by atoms with van der Waals surface area (Å²) in [5.41, 5.74) is 1.87. The number of anilines is 2.